The number of carboxylic acid groups (broad SMARTS) is 1. The molecule has 2 aromatic heterocycles. The van der Waals surface area contributed by atoms with Crippen LogP contribution in [0.5, 0.6) is 5.88 Å². The fourth-order valence-corrected chi connectivity index (χ4v) is 3.91. The van der Waals surface area contributed by atoms with Crippen LogP contribution in [0.4, 0.5) is 0 Å². The number of nitrogens with two attached hydrogens (primary N) is 1. The standard InChI is InChI=1S/C24H26N4O5.CH5N/c1-16-20(23(27-33-16)17-6-3-2-4-7-17)15-32-21-10-9-18(12-25-21)24(31)26-19-8-5-11-28(13-19)14-22(29)30;1-2/h2-4,6-7,9-10,12,19H,5,8,11,13-15H2,1H3,(H,26,31)(H,29,30);2H2,1H3. The van der Waals surface area contributed by atoms with Gasteiger partial charge in [0.15, 0.2) is 0 Å². The van der Waals surface area contributed by atoms with Crippen LogP contribution in [0.2, 0.25) is 0 Å². The minimum Gasteiger partial charge on any atom is -0.480 e. The van der Waals surface area contributed by atoms with Crippen LogP contribution >= 0.6 is 0 Å². The quantitative estimate of drug-likeness (QED) is 0.442. The highest BCUT2D eigenvalue weighted by molar-refractivity contribution is 5.94. The number of amides is 1. The zero-order chi connectivity index (χ0) is 25.2. The van der Waals surface area contributed by atoms with Crippen LogP contribution < -0.4 is 15.8 Å². The third-order valence-corrected chi connectivity index (χ3v) is 5.59. The number of carbonyl (C=O) groups is 2. The zero-order valence-corrected chi connectivity index (χ0v) is 19.9. The van der Waals surface area contributed by atoms with E-state index >= 15 is 0 Å². The SMILES string of the molecule is CN.Cc1onc(-c2ccccc2)c1COc1ccc(C(=O)NC2CCCN(CC(=O)O)C2)cn1. The molecular weight excluding hydrogens is 450 g/mol. The molecule has 4 rings (SSSR count). The van der Waals surface area contributed by atoms with Crippen molar-refractivity contribution in [1.29, 1.82) is 0 Å². The summed E-state index contributed by atoms with van der Waals surface area (Å²) in [6.07, 6.45) is 3.13. The van der Waals surface area contributed by atoms with Crippen molar-refractivity contribution in [1.82, 2.24) is 20.4 Å². The Morgan fingerprint density at radius 2 is 2.00 bits per heavy atom. The van der Waals surface area contributed by atoms with Gasteiger partial charge in [0, 0.05) is 30.4 Å². The number of carboxylic acids is 1. The molecule has 1 fully saturated rings. The van der Waals surface area contributed by atoms with Crippen molar-refractivity contribution in [3.63, 3.8) is 0 Å². The number of hydrogen-bond donors (Lipinski definition) is 3. The maximum absolute atomic E-state index is 12.6. The number of piperidine rings is 1. The van der Waals surface area contributed by atoms with Crippen LogP contribution in [0.15, 0.2) is 53.2 Å². The predicted molar refractivity (Wildman–Crippen MR) is 130 cm³/mol. The second kappa shape index (κ2) is 12.6. The van der Waals surface area contributed by atoms with Gasteiger partial charge in [0.2, 0.25) is 5.88 Å². The average molecular weight is 482 g/mol. The van der Waals surface area contributed by atoms with E-state index in [2.05, 4.69) is 21.2 Å². The third-order valence-electron chi connectivity index (χ3n) is 5.59. The molecule has 186 valence electrons. The maximum Gasteiger partial charge on any atom is 0.317 e. The second-order valence-corrected chi connectivity index (χ2v) is 8.05. The first-order valence-electron chi connectivity index (χ1n) is 11.4. The number of hydrogen-bond acceptors (Lipinski definition) is 8. The Morgan fingerprint density at radius 1 is 1.23 bits per heavy atom. The van der Waals surface area contributed by atoms with E-state index < -0.39 is 5.97 Å². The number of aryl methyl sites for hydroxylation is 1. The first kappa shape index (κ1) is 25.9. The van der Waals surface area contributed by atoms with Crippen LogP contribution in [0, 0.1) is 6.92 Å². The Morgan fingerprint density at radius 3 is 2.69 bits per heavy atom. The molecule has 0 saturated carbocycles. The summed E-state index contributed by atoms with van der Waals surface area (Å²) in [7, 11) is 1.50. The lowest BCUT2D eigenvalue weighted by molar-refractivity contribution is -0.138. The summed E-state index contributed by atoms with van der Waals surface area (Å²) in [5.41, 5.74) is 7.43. The summed E-state index contributed by atoms with van der Waals surface area (Å²) >= 11 is 0. The minimum atomic E-state index is -0.862. The number of rotatable bonds is 8. The number of aliphatic carboxylic acids is 1. The molecule has 0 spiro atoms. The lowest BCUT2D eigenvalue weighted by Gasteiger charge is -2.31. The molecule has 1 unspecified atom stereocenters. The smallest absolute Gasteiger partial charge is 0.317 e. The highest BCUT2D eigenvalue weighted by Crippen LogP contribution is 2.26. The normalized spacial score (nSPS) is 15.6. The van der Waals surface area contributed by atoms with Gasteiger partial charge in [-0.1, -0.05) is 35.5 Å². The highest BCUT2D eigenvalue weighted by atomic mass is 16.5. The van der Waals surface area contributed by atoms with E-state index in [1.807, 2.05) is 42.2 Å². The lowest BCUT2D eigenvalue weighted by Crippen LogP contribution is -2.48. The van der Waals surface area contributed by atoms with Crippen molar-refractivity contribution in [3.05, 3.63) is 65.5 Å². The van der Waals surface area contributed by atoms with Gasteiger partial charge < -0.3 is 25.4 Å². The van der Waals surface area contributed by atoms with Gasteiger partial charge in [-0.15, -0.1) is 0 Å². The minimum absolute atomic E-state index is 0.0163. The Bertz CT molecular complexity index is 1100. The molecule has 1 saturated heterocycles. The fourth-order valence-electron chi connectivity index (χ4n) is 3.91. The fraction of sp³-hybridized carbons (Fsp3) is 0.360. The Balaban J connectivity index is 0.00000167. The number of likely N-dealkylation sites (tertiary alicyclic amines) is 1. The number of nitrogens with one attached hydrogen (secondary N) is 1. The second-order valence-electron chi connectivity index (χ2n) is 8.05. The highest BCUT2D eigenvalue weighted by Gasteiger charge is 2.23. The molecule has 35 heavy (non-hydrogen) atoms. The van der Waals surface area contributed by atoms with E-state index in [1.165, 1.54) is 13.2 Å². The molecule has 3 heterocycles. The number of aromatic nitrogens is 2. The number of benzene rings is 1. The first-order valence-corrected chi connectivity index (χ1v) is 11.4. The van der Waals surface area contributed by atoms with Gasteiger partial charge in [0.1, 0.15) is 18.1 Å². The summed E-state index contributed by atoms with van der Waals surface area (Å²) in [5, 5.41) is 16.1. The molecule has 3 aromatic rings. The van der Waals surface area contributed by atoms with E-state index in [9.17, 15) is 9.59 Å². The van der Waals surface area contributed by atoms with E-state index in [0.29, 0.717) is 23.7 Å². The number of ether oxygens (including phenoxy) is 1. The molecule has 0 radical (unpaired) electrons. The largest absolute Gasteiger partial charge is 0.480 e. The van der Waals surface area contributed by atoms with Gasteiger partial charge in [-0.3, -0.25) is 14.5 Å². The van der Waals surface area contributed by atoms with Crippen molar-refractivity contribution >= 4 is 11.9 Å². The van der Waals surface area contributed by atoms with Crippen molar-refractivity contribution in [2.45, 2.75) is 32.4 Å². The molecule has 0 aliphatic carbocycles. The summed E-state index contributed by atoms with van der Waals surface area (Å²) < 4.78 is 11.2. The van der Waals surface area contributed by atoms with E-state index in [-0.39, 0.29) is 25.1 Å². The Hall–Kier alpha value is -3.76. The van der Waals surface area contributed by atoms with Gasteiger partial charge in [-0.25, -0.2) is 4.98 Å². The summed E-state index contributed by atoms with van der Waals surface area (Å²) in [6, 6.07) is 13.0. The van der Waals surface area contributed by atoms with Crippen LogP contribution in [0.3, 0.4) is 0 Å². The topological polar surface area (TPSA) is 144 Å². The number of nitrogens with zero attached hydrogens (tertiary/aromatic N) is 3. The van der Waals surface area contributed by atoms with Crippen LogP contribution in [0.1, 0.15) is 34.5 Å². The molecule has 1 atom stereocenters. The number of pyridine rings is 1. The van der Waals surface area contributed by atoms with Crippen molar-refractivity contribution in [2.24, 2.45) is 5.73 Å². The first-order chi connectivity index (χ1) is 17.0. The Kier molecular flexibility index (Phi) is 9.33. The molecule has 4 N–H and O–H groups in total. The molecule has 1 aliphatic heterocycles. The van der Waals surface area contributed by atoms with Crippen molar-refractivity contribution in [2.75, 3.05) is 26.7 Å². The van der Waals surface area contributed by atoms with E-state index in [1.54, 1.807) is 12.1 Å². The molecule has 0 bridgehead atoms. The molecule has 1 aromatic carbocycles. The van der Waals surface area contributed by atoms with Crippen LogP contribution in [0.25, 0.3) is 11.3 Å². The van der Waals surface area contributed by atoms with Crippen molar-refractivity contribution in [3.8, 4) is 17.1 Å². The average Bonchev–Trinajstić information content (AvgIpc) is 3.24. The lowest BCUT2D eigenvalue weighted by atomic mass is 10.1. The van der Waals surface area contributed by atoms with Gasteiger partial charge in [-0.2, -0.15) is 0 Å². The molecule has 1 aliphatic rings. The molecule has 10 heteroatoms. The summed E-state index contributed by atoms with van der Waals surface area (Å²) in [5.74, 6) is -0.0396. The maximum atomic E-state index is 12.6. The monoisotopic (exact) mass is 481 g/mol. The van der Waals surface area contributed by atoms with Crippen LogP contribution in [-0.2, 0) is 11.4 Å². The predicted octanol–water partition coefficient (Wildman–Crippen LogP) is 2.48. The van der Waals surface area contributed by atoms with Crippen LogP contribution in [-0.4, -0.2) is 64.7 Å². The summed E-state index contributed by atoms with van der Waals surface area (Å²) in [6.45, 7) is 3.30. The van der Waals surface area contributed by atoms with Gasteiger partial charge in [0.05, 0.1) is 17.7 Å². The molecule has 1 amide bonds. The van der Waals surface area contributed by atoms with Gasteiger partial charge >= 0.3 is 5.97 Å². The van der Waals surface area contributed by atoms with Crippen molar-refractivity contribution < 1.29 is 24.0 Å². The van der Waals surface area contributed by atoms with Gasteiger partial charge in [0.25, 0.3) is 5.91 Å². The van der Waals surface area contributed by atoms with Gasteiger partial charge in [-0.05, 0) is 39.4 Å². The zero-order valence-electron chi connectivity index (χ0n) is 19.9. The molecular formula is C25H31N5O5. The van der Waals surface area contributed by atoms with E-state index in [0.717, 1.165) is 36.2 Å². The Labute approximate surface area is 204 Å². The number of carbonyl (C=O) groups excluding carboxylic acids is 1. The van der Waals surface area contributed by atoms with E-state index in [4.69, 9.17) is 14.4 Å². The molecule has 10 nitrogen and oxygen atoms in total. The summed E-state index contributed by atoms with van der Waals surface area (Å²) in [4.78, 5) is 29.6. The third kappa shape index (κ3) is 7.11.